The van der Waals surface area contributed by atoms with Gasteiger partial charge in [-0.25, -0.2) is 8.42 Å². The summed E-state index contributed by atoms with van der Waals surface area (Å²) in [7, 11) is -3.44. The quantitative estimate of drug-likeness (QED) is 0.824. The normalized spacial score (nSPS) is 19.0. The Morgan fingerprint density at radius 3 is 2.67 bits per heavy atom. The Bertz CT molecular complexity index is 600. The van der Waals surface area contributed by atoms with E-state index in [4.69, 9.17) is 16.3 Å². The minimum absolute atomic E-state index is 0.00418. The van der Waals surface area contributed by atoms with Gasteiger partial charge in [0.25, 0.3) is 0 Å². The molecule has 1 unspecified atom stereocenters. The number of ether oxygens (including phenoxy) is 1. The van der Waals surface area contributed by atoms with E-state index in [1.54, 1.807) is 17.0 Å². The third kappa shape index (κ3) is 3.75. The van der Waals surface area contributed by atoms with Crippen molar-refractivity contribution in [1.29, 1.82) is 0 Å². The summed E-state index contributed by atoms with van der Waals surface area (Å²) < 4.78 is 30.1. The zero-order valence-corrected chi connectivity index (χ0v) is 13.4. The van der Waals surface area contributed by atoms with Gasteiger partial charge < -0.3 is 9.64 Å². The van der Waals surface area contributed by atoms with Crippen LogP contribution in [0.5, 0.6) is 0 Å². The van der Waals surface area contributed by atoms with E-state index in [-0.39, 0.29) is 24.0 Å². The number of nitrogens with zero attached hydrogens (tertiary/aromatic N) is 1. The monoisotopic (exact) mass is 331 g/mol. The topological polar surface area (TPSA) is 63.7 Å². The summed E-state index contributed by atoms with van der Waals surface area (Å²) in [5.41, 5.74) is 0. The van der Waals surface area contributed by atoms with Gasteiger partial charge in [0.1, 0.15) is 6.61 Å². The van der Waals surface area contributed by atoms with Crippen LogP contribution in [-0.4, -0.2) is 50.8 Å². The van der Waals surface area contributed by atoms with Crippen molar-refractivity contribution < 1.29 is 17.9 Å². The number of halogens is 1. The lowest BCUT2D eigenvalue weighted by Gasteiger charge is -2.16. The SMILES string of the molecule is CCOCC(=O)N1CCC(S(=O)(=O)c2ccc(Cl)cc2)C1. The van der Waals surface area contributed by atoms with Crippen molar-refractivity contribution in [2.75, 3.05) is 26.3 Å². The molecule has 0 radical (unpaired) electrons. The van der Waals surface area contributed by atoms with Gasteiger partial charge in [-0.1, -0.05) is 11.6 Å². The molecule has 1 aliphatic rings. The largest absolute Gasteiger partial charge is 0.372 e. The Kier molecular flexibility index (Phi) is 5.24. The third-order valence-electron chi connectivity index (χ3n) is 3.51. The van der Waals surface area contributed by atoms with E-state index in [1.807, 2.05) is 6.92 Å². The summed E-state index contributed by atoms with van der Waals surface area (Å²) in [4.78, 5) is 13.6. The highest BCUT2D eigenvalue weighted by atomic mass is 35.5. The first-order valence-corrected chi connectivity index (χ1v) is 8.72. The van der Waals surface area contributed by atoms with Crippen molar-refractivity contribution in [2.24, 2.45) is 0 Å². The van der Waals surface area contributed by atoms with Gasteiger partial charge >= 0.3 is 0 Å². The molecule has 2 rings (SSSR count). The van der Waals surface area contributed by atoms with E-state index in [9.17, 15) is 13.2 Å². The highest BCUT2D eigenvalue weighted by molar-refractivity contribution is 7.92. The van der Waals surface area contributed by atoms with E-state index in [0.717, 1.165) is 0 Å². The number of amides is 1. The van der Waals surface area contributed by atoms with Crippen LogP contribution in [0.1, 0.15) is 13.3 Å². The van der Waals surface area contributed by atoms with Crippen LogP contribution in [-0.2, 0) is 19.4 Å². The van der Waals surface area contributed by atoms with Crippen molar-refractivity contribution in [3.8, 4) is 0 Å². The highest BCUT2D eigenvalue weighted by Gasteiger charge is 2.35. The zero-order chi connectivity index (χ0) is 15.5. The van der Waals surface area contributed by atoms with E-state index >= 15 is 0 Å². The molecule has 1 aromatic carbocycles. The second kappa shape index (κ2) is 6.77. The molecule has 0 N–H and O–H groups in total. The fourth-order valence-electron chi connectivity index (χ4n) is 2.31. The smallest absolute Gasteiger partial charge is 0.248 e. The second-order valence-electron chi connectivity index (χ2n) is 4.89. The molecule has 21 heavy (non-hydrogen) atoms. The molecule has 1 saturated heterocycles. The van der Waals surface area contributed by atoms with Crippen molar-refractivity contribution >= 4 is 27.3 Å². The van der Waals surface area contributed by atoms with Crippen molar-refractivity contribution in [3.05, 3.63) is 29.3 Å². The van der Waals surface area contributed by atoms with Gasteiger partial charge in [-0.05, 0) is 37.6 Å². The zero-order valence-electron chi connectivity index (χ0n) is 11.8. The molecule has 1 atom stereocenters. The molecular weight excluding hydrogens is 314 g/mol. The van der Waals surface area contributed by atoms with Gasteiger partial charge in [-0.3, -0.25) is 4.79 Å². The van der Waals surface area contributed by atoms with Crippen LogP contribution >= 0.6 is 11.6 Å². The molecular formula is C14H18ClNO4S. The van der Waals surface area contributed by atoms with E-state index < -0.39 is 15.1 Å². The van der Waals surface area contributed by atoms with Gasteiger partial charge in [-0.2, -0.15) is 0 Å². The van der Waals surface area contributed by atoms with Crippen LogP contribution in [0.15, 0.2) is 29.2 Å². The summed E-state index contributed by atoms with van der Waals surface area (Å²) in [5.74, 6) is -0.161. The first-order valence-electron chi connectivity index (χ1n) is 6.80. The average Bonchev–Trinajstić information content (AvgIpc) is 2.96. The maximum absolute atomic E-state index is 12.5. The van der Waals surface area contributed by atoms with Gasteiger partial charge in [-0.15, -0.1) is 0 Å². The molecule has 0 aliphatic carbocycles. The maximum Gasteiger partial charge on any atom is 0.248 e. The molecule has 7 heteroatoms. The van der Waals surface area contributed by atoms with Gasteiger partial charge in [0.05, 0.1) is 10.1 Å². The number of carbonyl (C=O) groups is 1. The molecule has 0 bridgehead atoms. The van der Waals surface area contributed by atoms with Crippen molar-refractivity contribution in [3.63, 3.8) is 0 Å². The Balaban J connectivity index is 2.06. The number of sulfone groups is 1. The van der Waals surface area contributed by atoms with Gasteiger partial charge in [0, 0.05) is 24.7 Å². The summed E-state index contributed by atoms with van der Waals surface area (Å²) in [6.07, 6.45) is 0.447. The third-order valence-corrected chi connectivity index (χ3v) is 5.95. The number of benzene rings is 1. The van der Waals surface area contributed by atoms with Crippen molar-refractivity contribution in [1.82, 2.24) is 4.90 Å². The van der Waals surface area contributed by atoms with Gasteiger partial charge in [0.15, 0.2) is 9.84 Å². The van der Waals surface area contributed by atoms with Crippen LogP contribution in [0.25, 0.3) is 0 Å². The molecule has 1 fully saturated rings. The first-order chi connectivity index (χ1) is 9.95. The molecule has 0 saturated carbocycles. The molecule has 1 aliphatic heterocycles. The van der Waals surface area contributed by atoms with E-state index in [1.165, 1.54) is 12.1 Å². The Labute approximate surface area is 129 Å². The molecule has 1 amide bonds. The summed E-state index contributed by atoms with van der Waals surface area (Å²) in [6, 6.07) is 6.12. The first kappa shape index (κ1) is 16.3. The van der Waals surface area contributed by atoms with Crippen LogP contribution in [0.4, 0.5) is 0 Å². The number of hydrogen-bond acceptors (Lipinski definition) is 4. The maximum atomic E-state index is 12.5. The number of hydrogen-bond donors (Lipinski definition) is 0. The number of likely N-dealkylation sites (tertiary alicyclic amines) is 1. The van der Waals surface area contributed by atoms with E-state index in [2.05, 4.69) is 0 Å². The lowest BCUT2D eigenvalue weighted by atomic mass is 10.4. The van der Waals surface area contributed by atoms with Crippen LogP contribution in [0, 0.1) is 0 Å². The fraction of sp³-hybridized carbons (Fsp3) is 0.500. The molecule has 5 nitrogen and oxygen atoms in total. The lowest BCUT2D eigenvalue weighted by Crippen LogP contribution is -2.34. The Hall–Kier alpha value is -1.11. The molecule has 0 spiro atoms. The van der Waals surface area contributed by atoms with Crippen LogP contribution in [0.3, 0.4) is 0 Å². The standard InChI is InChI=1S/C14H18ClNO4S/c1-2-20-10-14(17)16-8-7-13(9-16)21(18,19)12-5-3-11(15)4-6-12/h3-6,13H,2,7-10H2,1H3. The summed E-state index contributed by atoms with van der Waals surface area (Å²) in [5, 5.41) is -0.0712. The predicted octanol–water partition coefficient (Wildman–Crippen LogP) is 1.75. The average molecular weight is 332 g/mol. The minimum Gasteiger partial charge on any atom is -0.372 e. The second-order valence-corrected chi connectivity index (χ2v) is 7.55. The molecule has 0 aromatic heterocycles. The summed E-state index contributed by atoms with van der Waals surface area (Å²) in [6.45, 7) is 2.95. The van der Waals surface area contributed by atoms with E-state index in [0.29, 0.717) is 24.6 Å². The lowest BCUT2D eigenvalue weighted by molar-refractivity contribution is -0.134. The number of carbonyl (C=O) groups excluding carboxylic acids is 1. The molecule has 1 heterocycles. The van der Waals surface area contributed by atoms with Crippen molar-refractivity contribution in [2.45, 2.75) is 23.5 Å². The molecule has 1 aromatic rings. The minimum atomic E-state index is -3.44. The Morgan fingerprint density at radius 1 is 1.38 bits per heavy atom. The van der Waals surface area contributed by atoms with Gasteiger partial charge in [0.2, 0.25) is 5.91 Å². The fourth-order valence-corrected chi connectivity index (χ4v) is 4.12. The number of rotatable bonds is 5. The molecule has 116 valence electrons. The van der Waals surface area contributed by atoms with Crippen LogP contribution < -0.4 is 0 Å². The predicted molar refractivity (Wildman–Crippen MR) is 80.1 cm³/mol. The summed E-state index contributed by atoms with van der Waals surface area (Å²) >= 11 is 5.77. The van der Waals surface area contributed by atoms with Crippen LogP contribution in [0.2, 0.25) is 5.02 Å². The Morgan fingerprint density at radius 2 is 2.05 bits per heavy atom. The highest BCUT2D eigenvalue weighted by Crippen LogP contribution is 2.25.